The maximum absolute atomic E-state index is 4.38. The number of aromatic nitrogens is 2. The van der Waals surface area contributed by atoms with Gasteiger partial charge in [-0.15, -0.1) is 0 Å². The van der Waals surface area contributed by atoms with Crippen LogP contribution in [0.1, 0.15) is 37.4 Å². The summed E-state index contributed by atoms with van der Waals surface area (Å²) in [5.41, 5.74) is 2.67. The highest BCUT2D eigenvalue weighted by molar-refractivity contribution is 5.16. The van der Waals surface area contributed by atoms with Gasteiger partial charge in [-0.25, -0.2) is 0 Å². The summed E-state index contributed by atoms with van der Waals surface area (Å²) >= 11 is 0. The van der Waals surface area contributed by atoms with E-state index in [9.17, 15) is 0 Å². The lowest BCUT2D eigenvalue weighted by Crippen LogP contribution is -2.15. The van der Waals surface area contributed by atoms with Crippen LogP contribution in [0, 0.1) is 6.92 Å². The second-order valence-electron chi connectivity index (χ2n) is 4.13. The van der Waals surface area contributed by atoms with E-state index < -0.39 is 0 Å². The summed E-state index contributed by atoms with van der Waals surface area (Å²) < 4.78 is 2.10. The third-order valence-electron chi connectivity index (χ3n) is 2.80. The molecular weight excluding hydrogens is 174 g/mol. The normalized spacial score (nSPS) is 16.1. The van der Waals surface area contributed by atoms with Crippen LogP contribution in [-0.2, 0) is 13.1 Å². The molecule has 1 aliphatic carbocycles. The van der Waals surface area contributed by atoms with Gasteiger partial charge in [-0.05, 0) is 26.2 Å². The van der Waals surface area contributed by atoms with E-state index in [-0.39, 0.29) is 0 Å². The first-order valence-corrected chi connectivity index (χ1v) is 5.56. The highest BCUT2D eigenvalue weighted by Crippen LogP contribution is 2.19. The van der Waals surface area contributed by atoms with Crippen LogP contribution >= 0.6 is 0 Å². The molecule has 0 atom stereocenters. The molecule has 0 aromatic carbocycles. The molecule has 0 amide bonds. The largest absolute Gasteiger partial charge is 0.310 e. The van der Waals surface area contributed by atoms with E-state index in [1.165, 1.54) is 24.1 Å². The Kier molecular flexibility index (Phi) is 2.87. The minimum Gasteiger partial charge on any atom is -0.310 e. The SMILES string of the molecule is CCCn1ncc(CNC2CC2)c1C. The molecule has 0 bridgehead atoms. The van der Waals surface area contributed by atoms with E-state index in [0.717, 1.165) is 25.6 Å². The molecule has 1 aromatic heterocycles. The second kappa shape index (κ2) is 4.13. The van der Waals surface area contributed by atoms with Crippen LogP contribution in [0.15, 0.2) is 6.20 Å². The Labute approximate surface area is 85.5 Å². The lowest BCUT2D eigenvalue weighted by Gasteiger charge is -2.04. The minimum absolute atomic E-state index is 0.781. The molecule has 0 aliphatic heterocycles. The molecule has 1 saturated carbocycles. The van der Waals surface area contributed by atoms with Gasteiger partial charge in [0.2, 0.25) is 0 Å². The lowest BCUT2D eigenvalue weighted by molar-refractivity contribution is 0.584. The van der Waals surface area contributed by atoms with Gasteiger partial charge in [0.1, 0.15) is 0 Å². The molecule has 14 heavy (non-hydrogen) atoms. The van der Waals surface area contributed by atoms with E-state index in [2.05, 4.69) is 28.9 Å². The van der Waals surface area contributed by atoms with Crippen LogP contribution in [0.3, 0.4) is 0 Å². The molecule has 0 spiro atoms. The molecule has 3 heteroatoms. The Hall–Kier alpha value is -0.830. The van der Waals surface area contributed by atoms with Crippen molar-refractivity contribution in [3.05, 3.63) is 17.5 Å². The highest BCUT2D eigenvalue weighted by atomic mass is 15.3. The molecule has 1 aliphatic rings. The molecule has 0 unspecified atom stereocenters. The summed E-state index contributed by atoms with van der Waals surface area (Å²) in [6.45, 7) is 6.37. The summed E-state index contributed by atoms with van der Waals surface area (Å²) in [7, 11) is 0. The maximum atomic E-state index is 4.38. The van der Waals surface area contributed by atoms with Crippen molar-refractivity contribution in [2.45, 2.75) is 52.2 Å². The first-order chi connectivity index (χ1) is 6.81. The van der Waals surface area contributed by atoms with E-state index in [1.807, 2.05) is 6.20 Å². The quantitative estimate of drug-likeness (QED) is 0.773. The van der Waals surface area contributed by atoms with Crippen LogP contribution in [0.25, 0.3) is 0 Å². The zero-order valence-corrected chi connectivity index (χ0v) is 9.08. The Balaban J connectivity index is 1.94. The summed E-state index contributed by atoms with van der Waals surface area (Å²) in [5, 5.41) is 7.90. The van der Waals surface area contributed by atoms with Crippen molar-refractivity contribution in [3.8, 4) is 0 Å². The number of hydrogen-bond donors (Lipinski definition) is 1. The van der Waals surface area contributed by atoms with E-state index in [4.69, 9.17) is 0 Å². The van der Waals surface area contributed by atoms with Gasteiger partial charge in [0.25, 0.3) is 0 Å². The summed E-state index contributed by atoms with van der Waals surface area (Å²) in [6.07, 6.45) is 5.85. The predicted octanol–water partition coefficient (Wildman–Crippen LogP) is 1.85. The Morgan fingerprint density at radius 1 is 1.57 bits per heavy atom. The zero-order valence-electron chi connectivity index (χ0n) is 9.08. The third kappa shape index (κ3) is 2.15. The molecule has 0 saturated heterocycles. The Morgan fingerprint density at radius 3 is 3.00 bits per heavy atom. The minimum atomic E-state index is 0.781. The average Bonchev–Trinajstić information content (AvgIpc) is 2.94. The van der Waals surface area contributed by atoms with Crippen molar-refractivity contribution < 1.29 is 0 Å². The molecule has 1 N–H and O–H groups in total. The molecule has 78 valence electrons. The van der Waals surface area contributed by atoms with Gasteiger partial charge in [0.05, 0.1) is 6.20 Å². The summed E-state index contributed by atoms with van der Waals surface area (Å²) in [6, 6.07) is 0.781. The van der Waals surface area contributed by atoms with Crippen LogP contribution in [0.5, 0.6) is 0 Å². The molecular formula is C11H19N3. The fourth-order valence-electron chi connectivity index (χ4n) is 1.64. The maximum Gasteiger partial charge on any atom is 0.0537 e. The first kappa shape index (κ1) is 9.71. The van der Waals surface area contributed by atoms with Crippen molar-refractivity contribution in [2.75, 3.05) is 0 Å². The molecule has 3 nitrogen and oxygen atoms in total. The number of aryl methyl sites for hydroxylation is 1. The van der Waals surface area contributed by atoms with Crippen LogP contribution in [0.4, 0.5) is 0 Å². The monoisotopic (exact) mass is 193 g/mol. The van der Waals surface area contributed by atoms with E-state index in [0.29, 0.717) is 0 Å². The molecule has 1 aromatic rings. The lowest BCUT2D eigenvalue weighted by atomic mass is 10.2. The van der Waals surface area contributed by atoms with Crippen molar-refractivity contribution >= 4 is 0 Å². The van der Waals surface area contributed by atoms with Gasteiger partial charge in [-0.2, -0.15) is 5.10 Å². The zero-order chi connectivity index (χ0) is 9.97. The van der Waals surface area contributed by atoms with Crippen molar-refractivity contribution in [2.24, 2.45) is 0 Å². The smallest absolute Gasteiger partial charge is 0.0537 e. The number of nitrogens with one attached hydrogen (secondary N) is 1. The van der Waals surface area contributed by atoms with Gasteiger partial charge < -0.3 is 5.32 Å². The number of rotatable bonds is 5. The Bertz CT molecular complexity index is 299. The van der Waals surface area contributed by atoms with Gasteiger partial charge in [-0.1, -0.05) is 6.92 Å². The highest BCUT2D eigenvalue weighted by Gasteiger charge is 2.20. The molecule has 1 heterocycles. The Morgan fingerprint density at radius 2 is 2.36 bits per heavy atom. The summed E-state index contributed by atoms with van der Waals surface area (Å²) in [4.78, 5) is 0. The standard InChI is InChI=1S/C11H19N3/c1-3-6-14-9(2)10(8-13-14)7-12-11-4-5-11/h8,11-12H,3-7H2,1-2H3. The fourth-order valence-corrected chi connectivity index (χ4v) is 1.64. The number of nitrogens with zero attached hydrogens (tertiary/aromatic N) is 2. The van der Waals surface area contributed by atoms with Crippen LogP contribution < -0.4 is 5.32 Å². The predicted molar refractivity (Wildman–Crippen MR) is 57.1 cm³/mol. The van der Waals surface area contributed by atoms with Crippen LogP contribution in [0.2, 0.25) is 0 Å². The first-order valence-electron chi connectivity index (χ1n) is 5.56. The van der Waals surface area contributed by atoms with Crippen molar-refractivity contribution in [1.82, 2.24) is 15.1 Å². The van der Waals surface area contributed by atoms with E-state index in [1.54, 1.807) is 0 Å². The second-order valence-corrected chi connectivity index (χ2v) is 4.13. The molecule has 2 rings (SSSR count). The topological polar surface area (TPSA) is 29.9 Å². The van der Waals surface area contributed by atoms with Gasteiger partial charge in [-0.3, -0.25) is 4.68 Å². The van der Waals surface area contributed by atoms with Gasteiger partial charge in [0.15, 0.2) is 0 Å². The van der Waals surface area contributed by atoms with Gasteiger partial charge >= 0.3 is 0 Å². The summed E-state index contributed by atoms with van der Waals surface area (Å²) in [5.74, 6) is 0. The molecule has 0 radical (unpaired) electrons. The van der Waals surface area contributed by atoms with Gasteiger partial charge in [0, 0.05) is 30.4 Å². The molecule has 1 fully saturated rings. The fraction of sp³-hybridized carbons (Fsp3) is 0.727. The number of hydrogen-bond acceptors (Lipinski definition) is 2. The third-order valence-corrected chi connectivity index (χ3v) is 2.80. The van der Waals surface area contributed by atoms with E-state index >= 15 is 0 Å². The van der Waals surface area contributed by atoms with Crippen LogP contribution in [-0.4, -0.2) is 15.8 Å². The average molecular weight is 193 g/mol. The van der Waals surface area contributed by atoms with Crippen molar-refractivity contribution in [1.29, 1.82) is 0 Å². The van der Waals surface area contributed by atoms with Crippen molar-refractivity contribution in [3.63, 3.8) is 0 Å².